The number of hydrogen-bond acceptors (Lipinski definition) is 5. The number of hydrogen-bond donors (Lipinski definition) is 2. The summed E-state index contributed by atoms with van der Waals surface area (Å²) in [4.78, 5) is 16.4. The van der Waals surface area contributed by atoms with Gasteiger partial charge in [0, 0.05) is 0 Å². The Hall–Kier alpha value is -2.77. The summed E-state index contributed by atoms with van der Waals surface area (Å²) in [5.41, 5.74) is 1.79. The first-order valence-corrected chi connectivity index (χ1v) is 6.17. The zero-order valence-corrected chi connectivity index (χ0v) is 10.8. The fourth-order valence-corrected chi connectivity index (χ4v) is 1.98. The van der Waals surface area contributed by atoms with Gasteiger partial charge in [0.15, 0.2) is 5.82 Å². The molecular weight excluding hydrogens is 258 g/mol. The van der Waals surface area contributed by atoms with E-state index in [0.29, 0.717) is 5.82 Å². The van der Waals surface area contributed by atoms with Gasteiger partial charge in [-0.25, -0.2) is 4.98 Å². The Morgan fingerprint density at radius 2 is 2.30 bits per heavy atom. The second-order valence-electron chi connectivity index (χ2n) is 4.36. The van der Waals surface area contributed by atoms with Gasteiger partial charge in [-0.3, -0.25) is 4.79 Å². The highest BCUT2D eigenvalue weighted by atomic mass is 16.2. The zero-order chi connectivity index (χ0) is 13.9. The molecule has 3 aromatic rings. The lowest BCUT2D eigenvalue weighted by Crippen LogP contribution is -2.30. The third-order valence-corrected chi connectivity index (χ3v) is 3.09. The molecule has 0 fully saturated rings. The van der Waals surface area contributed by atoms with Crippen LogP contribution in [0.25, 0.3) is 11.0 Å². The van der Waals surface area contributed by atoms with E-state index in [1.807, 2.05) is 35.8 Å². The van der Waals surface area contributed by atoms with E-state index in [1.54, 1.807) is 6.33 Å². The van der Waals surface area contributed by atoms with E-state index < -0.39 is 0 Å². The van der Waals surface area contributed by atoms with Crippen molar-refractivity contribution in [3.05, 3.63) is 36.4 Å². The van der Waals surface area contributed by atoms with E-state index in [2.05, 4.69) is 30.9 Å². The van der Waals surface area contributed by atoms with Gasteiger partial charge < -0.3 is 9.88 Å². The highest BCUT2D eigenvalue weighted by molar-refractivity contribution is 5.83. The van der Waals surface area contributed by atoms with Crippen molar-refractivity contribution in [2.75, 3.05) is 0 Å². The molecule has 1 amide bonds. The Kier molecular flexibility index (Phi) is 3.12. The van der Waals surface area contributed by atoms with Crippen LogP contribution >= 0.6 is 0 Å². The van der Waals surface area contributed by atoms with Crippen LogP contribution in [0, 0.1) is 0 Å². The van der Waals surface area contributed by atoms with Crippen LogP contribution in [0.3, 0.4) is 0 Å². The van der Waals surface area contributed by atoms with Gasteiger partial charge in [0.05, 0.1) is 23.9 Å². The van der Waals surface area contributed by atoms with Crippen molar-refractivity contribution in [1.82, 2.24) is 35.5 Å². The number of rotatable bonds is 4. The first-order chi connectivity index (χ1) is 9.75. The minimum Gasteiger partial charge on any atom is -0.347 e. The normalized spacial score (nSPS) is 12.4. The molecule has 1 atom stereocenters. The molecule has 0 bridgehead atoms. The quantitative estimate of drug-likeness (QED) is 0.716. The van der Waals surface area contributed by atoms with Crippen molar-refractivity contribution in [1.29, 1.82) is 0 Å². The molecule has 2 N–H and O–H groups in total. The van der Waals surface area contributed by atoms with E-state index in [1.165, 1.54) is 0 Å². The number of carbonyl (C=O) groups excluding carboxylic acids is 1. The maximum atomic E-state index is 12.1. The number of para-hydroxylation sites is 2. The fraction of sp³-hybridized carbons (Fsp3) is 0.250. The minimum atomic E-state index is -0.366. The van der Waals surface area contributed by atoms with Crippen LogP contribution in [-0.2, 0) is 11.3 Å². The van der Waals surface area contributed by atoms with E-state index in [4.69, 9.17) is 0 Å². The fourth-order valence-electron chi connectivity index (χ4n) is 1.98. The van der Waals surface area contributed by atoms with Gasteiger partial charge >= 0.3 is 0 Å². The van der Waals surface area contributed by atoms with Crippen LogP contribution in [0.1, 0.15) is 18.8 Å². The molecule has 1 aromatic carbocycles. The number of aromatic amines is 1. The van der Waals surface area contributed by atoms with Crippen LogP contribution in [0.5, 0.6) is 0 Å². The summed E-state index contributed by atoms with van der Waals surface area (Å²) in [6, 6.07) is 7.32. The van der Waals surface area contributed by atoms with Crippen LogP contribution in [0.4, 0.5) is 0 Å². The Labute approximate surface area is 114 Å². The predicted octanol–water partition coefficient (Wildman–Crippen LogP) is 0.427. The lowest BCUT2D eigenvalue weighted by atomic mass is 10.2. The smallest absolute Gasteiger partial charge is 0.243 e. The number of carbonyl (C=O) groups is 1. The van der Waals surface area contributed by atoms with Gasteiger partial charge in [-0.1, -0.05) is 17.3 Å². The van der Waals surface area contributed by atoms with Gasteiger partial charge in [0.1, 0.15) is 6.04 Å². The molecule has 8 heteroatoms. The highest BCUT2D eigenvalue weighted by Gasteiger charge is 2.17. The number of tetrazole rings is 1. The Bertz CT molecular complexity index is 718. The molecule has 1 unspecified atom stereocenters. The second-order valence-corrected chi connectivity index (χ2v) is 4.36. The predicted molar refractivity (Wildman–Crippen MR) is 70.5 cm³/mol. The molecule has 0 aliphatic heterocycles. The van der Waals surface area contributed by atoms with Crippen molar-refractivity contribution in [3.8, 4) is 0 Å². The molecule has 0 aliphatic rings. The summed E-state index contributed by atoms with van der Waals surface area (Å²) in [5.74, 6) is 0.319. The average Bonchev–Trinajstić information content (AvgIpc) is 3.13. The number of amides is 1. The molecule has 0 saturated carbocycles. The van der Waals surface area contributed by atoms with Crippen molar-refractivity contribution < 1.29 is 4.79 Å². The minimum absolute atomic E-state index is 0.127. The number of benzene rings is 1. The van der Waals surface area contributed by atoms with E-state index in [-0.39, 0.29) is 18.5 Å². The van der Waals surface area contributed by atoms with Crippen molar-refractivity contribution in [2.24, 2.45) is 0 Å². The Balaban J connectivity index is 1.74. The van der Waals surface area contributed by atoms with Gasteiger partial charge in [-0.2, -0.15) is 5.21 Å². The largest absolute Gasteiger partial charge is 0.347 e. The number of imidazole rings is 1. The molecule has 0 aliphatic carbocycles. The maximum Gasteiger partial charge on any atom is 0.243 e. The first-order valence-electron chi connectivity index (χ1n) is 6.17. The molecule has 0 radical (unpaired) electrons. The summed E-state index contributed by atoms with van der Waals surface area (Å²) in [6.07, 6.45) is 1.67. The summed E-state index contributed by atoms with van der Waals surface area (Å²) < 4.78 is 1.83. The third-order valence-electron chi connectivity index (χ3n) is 3.09. The molecule has 0 spiro atoms. The highest BCUT2D eigenvalue weighted by Crippen LogP contribution is 2.17. The number of H-pyrrole nitrogens is 1. The van der Waals surface area contributed by atoms with Crippen molar-refractivity contribution in [2.45, 2.75) is 19.5 Å². The monoisotopic (exact) mass is 271 g/mol. The molecule has 0 saturated heterocycles. The van der Waals surface area contributed by atoms with E-state index in [0.717, 1.165) is 11.0 Å². The van der Waals surface area contributed by atoms with Crippen LogP contribution in [0.2, 0.25) is 0 Å². The SMILES string of the molecule is CC(C(=O)NCc1nn[nH]n1)n1cnc2ccccc21. The molecule has 3 rings (SSSR count). The standard InChI is InChI=1S/C12H13N7O/c1-8(12(20)13-6-11-15-17-18-16-11)19-7-14-9-4-2-3-5-10(9)19/h2-5,7-8H,6H2,1H3,(H,13,20)(H,15,16,17,18). The lowest BCUT2D eigenvalue weighted by Gasteiger charge is -2.13. The van der Waals surface area contributed by atoms with Gasteiger partial charge in [0.25, 0.3) is 0 Å². The lowest BCUT2D eigenvalue weighted by molar-refractivity contribution is -0.124. The average molecular weight is 271 g/mol. The van der Waals surface area contributed by atoms with E-state index in [9.17, 15) is 4.79 Å². The van der Waals surface area contributed by atoms with Crippen LogP contribution < -0.4 is 5.32 Å². The van der Waals surface area contributed by atoms with Gasteiger partial charge in [-0.15, -0.1) is 10.2 Å². The Morgan fingerprint density at radius 1 is 1.45 bits per heavy atom. The topological polar surface area (TPSA) is 101 Å². The van der Waals surface area contributed by atoms with Gasteiger partial charge in [0.2, 0.25) is 5.91 Å². The van der Waals surface area contributed by atoms with Crippen molar-refractivity contribution in [3.63, 3.8) is 0 Å². The number of fused-ring (bicyclic) bond motifs is 1. The van der Waals surface area contributed by atoms with E-state index >= 15 is 0 Å². The van der Waals surface area contributed by atoms with Gasteiger partial charge in [-0.05, 0) is 19.1 Å². The molecule has 102 valence electrons. The molecular formula is C12H13N7O. The maximum absolute atomic E-state index is 12.1. The molecule has 2 aromatic heterocycles. The Morgan fingerprint density at radius 3 is 3.10 bits per heavy atom. The number of nitrogens with zero attached hydrogens (tertiary/aromatic N) is 5. The molecule has 20 heavy (non-hydrogen) atoms. The summed E-state index contributed by atoms with van der Waals surface area (Å²) in [5, 5.41) is 16.1. The number of nitrogens with one attached hydrogen (secondary N) is 2. The zero-order valence-electron chi connectivity index (χ0n) is 10.8. The van der Waals surface area contributed by atoms with Crippen LogP contribution in [-0.4, -0.2) is 36.1 Å². The molecule has 8 nitrogen and oxygen atoms in total. The number of aromatic nitrogens is 6. The second kappa shape index (κ2) is 5.08. The summed E-state index contributed by atoms with van der Waals surface area (Å²) in [7, 11) is 0. The van der Waals surface area contributed by atoms with Crippen molar-refractivity contribution >= 4 is 16.9 Å². The molecule has 2 heterocycles. The summed E-state index contributed by atoms with van der Waals surface area (Å²) in [6.45, 7) is 2.06. The van der Waals surface area contributed by atoms with Crippen LogP contribution in [0.15, 0.2) is 30.6 Å². The summed E-state index contributed by atoms with van der Waals surface area (Å²) >= 11 is 0. The first kappa shape index (κ1) is 12.3. The third kappa shape index (κ3) is 2.22.